The number of carbonyl (C=O) groups is 1. The Labute approximate surface area is 172 Å². The summed E-state index contributed by atoms with van der Waals surface area (Å²) in [5.74, 6) is -0.307. The van der Waals surface area contributed by atoms with E-state index in [9.17, 15) is 9.59 Å². The number of nitrogens with one attached hydrogen (secondary N) is 1. The summed E-state index contributed by atoms with van der Waals surface area (Å²) >= 11 is 6.01. The van der Waals surface area contributed by atoms with E-state index in [1.165, 1.54) is 4.68 Å². The van der Waals surface area contributed by atoms with Crippen LogP contribution in [0.15, 0.2) is 89.9 Å². The lowest BCUT2D eigenvalue weighted by molar-refractivity contribution is -0.122. The van der Waals surface area contributed by atoms with Gasteiger partial charge < -0.3 is 5.32 Å². The Balaban J connectivity index is 1.61. The number of fused-ring (bicyclic) bond motifs is 1. The summed E-state index contributed by atoms with van der Waals surface area (Å²) in [4.78, 5) is 25.4. The van der Waals surface area contributed by atoms with E-state index >= 15 is 0 Å². The highest BCUT2D eigenvalue weighted by molar-refractivity contribution is 6.30. The Kier molecular flexibility index (Phi) is 5.40. The number of hydrogen-bond acceptors (Lipinski definition) is 3. The van der Waals surface area contributed by atoms with Gasteiger partial charge in [0.15, 0.2) is 0 Å². The Bertz CT molecular complexity index is 1200. The molecule has 3 aromatic carbocycles. The van der Waals surface area contributed by atoms with E-state index in [4.69, 9.17) is 11.6 Å². The second-order valence-electron chi connectivity index (χ2n) is 6.66. The maximum atomic E-state index is 12.8. The topological polar surface area (TPSA) is 64.0 Å². The van der Waals surface area contributed by atoms with E-state index in [0.717, 1.165) is 16.5 Å². The van der Waals surface area contributed by atoms with Gasteiger partial charge in [-0.3, -0.25) is 9.59 Å². The fourth-order valence-corrected chi connectivity index (χ4v) is 3.37. The van der Waals surface area contributed by atoms with Gasteiger partial charge in [0.25, 0.3) is 5.56 Å². The van der Waals surface area contributed by atoms with Crippen LogP contribution in [-0.4, -0.2) is 15.7 Å². The molecule has 29 heavy (non-hydrogen) atoms. The summed E-state index contributed by atoms with van der Waals surface area (Å²) < 4.78 is 1.18. The van der Waals surface area contributed by atoms with Crippen molar-refractivity contribution >= 4 is 28.3 Å². The van der Waals surface area contributed by atoms with Crippen LogP contribution in [0.1, 0.15) is 17.2 Å². The van der Waals surface area contributed by atoms with E-state index in [-0.39, 0.29) is 24.1 Å². The molecule has 0 fully saturated rings. The van der Waals surface area contributed by atoms with Gasteiger partial charge in [0.2, 0.25) is 5.91 Å². The first-order valence-electron chi connectivity index (χ1n) is 9.16. The van der Waals surface area contributed by atoms with Crippen molar-refractivity contribution in [1.29, 1.82) is 0 Å². The standard InChI is InChI=1S/C23H18ClN3O2/c24-19-12-10-17(11-13-19)22(16-6-2-1-3-7-16)26-21(28)15-27-23(29)20-9-5-4-8-18(20)14-25-27/h1-14,22H,15H2,(H,26,28). The van der Waals surface area contributed by atoms with Crippen molar-refractivity contribution < 1.29 is 4.79 Å². The molecule has 5 nitrogen and oxygen atoms in total. The van der Waals surface area contributed by atoms with Gasteiger partial charge in [0.05, 0.1) is 17.6 Å². The molecule has 4 rings (SSSR count). The molecule has 0 saturated carbocycles. The molecule has 0 saturated heterocycles. The summed E-state index contributed by atoms with van der Waals surface area (Å²) in [6.45, 7) is -0.166. The number of hydrogen-bond donors (Lipinski definition) is 1. The molecule has 1 aromatic heterocycles. The van der Waals surface area contributed by atoms with Crippen LogP contribution < -0.4 is 10.9 Å². The average Bonchev–Trinajstić information content (AvgIpc) is 2.76. The van der Waals surface area contributed by atoms with Crippen molar-refractivity contribution in [3.8, 4) is 0 Å². The minimum absolute atomic E-state index is 0.166. The zero-order valence-electron chi connectivity index (χ0n) is 15.5. The number of amides is 1. The molecule has 144 valence electrons. The van der Waals surface area contributed by atoms with E-state index < -0.39 is 0 Å². The number of carbonyl (C=O) groups excluding carboxylic acids is 1. The van der Waals surface area contributed by atoms with Crippen LogP contribution in [-0.2, 0) is 11.3 Å². The molecule has 4 aromatic rings. The highest BCUT2D eigenvalue weighted by atomic mass is 35.5. The monoisotopic (exact) mass is 403 g/mol. The van der Waals surface area contributed by atoms with Crippen LogP contribution in [0.5, 0.6) is 0 Å². The van der Waals surface area contributed by atoms with Gasteiger partial charge in [-0.2, -0.15) is 5.10 Å². The lowest BCUT2D eigenvalue weighted by Gasteiger charge is -2.20. The van der Waals surface area contributed by atoms with Crippen molar-refractivity contribution in [2.75, 3.05) is 0 Å². The first kappa shape index (κ1) is 18.9. The molecule has 1 atom stereocenters. The lowest BCUT2D eigenvalue weighted by atomic mass is 9.98. The summed E-state index contributed by atoms with van der Waals surface area (Å²) in [6, 6.07) is 23.8. The predicted molar refractivity (Wildman–Crippen MR) is 114 cm³/mol. The zero-order valence-corrected chi connectivity index (χ0v) is 16.2. The predicted octanol–water partition coefficient (Wildman–Crippen LogP) is 3.96. The number of rotatable bonds is 5. The third-order valence-electron chi connectivity index (χ3n) is 4.70. The Morgan fingerprint density at radius 2 is 1.59 bits per heavy atom. The normalized spacial score (nSPS) is 11.9. The van der Waals surface area contributed by atoms with E-state index in [1.54, 1.807) is 30.5 Å². The fraction of sp³-hybridized carbons (Fsp3) is 0.0870. The molecule has 1 amide bonds. The molecule has 0 radical (unpaired) electrons. The molecule has 0 aliphatic heterocycles. The van der Waals surface area contributed by atoms with Gasteiger partial charge in [-0.05, 0) is 29.3 Å². The Morgan fingerprint density at radius 1 is 0.931 bits per heavy atom. The molecule has 1 heterocycles. The quantitative estimate of drug-likeness (QED) is 0.548. The fourth-order valence-electron chi connectivity index (χ4n) is 3.24. The second-order valence-corrected chi connectivity index (χ2v) is 7.09. The van der Waals surface area contributed by atoms with Crippen molar-refractivity contribution in [2.45, 2.75) is 12.6 Å². The van der Waals surface area contributed by atoms with Crippen LogP contribution in [0, 0.1) is 0 Å². The van der Waals surface area contributed by atoms with Crippen molar-refractivity contribution in [2.24, 2.45) is 0 Å². The van der Waals surface area contributed by atoms with Gasteiger partial charge in [0.1, 0.15) is 6.54 Å². The third-order valence-corrected chi connectivity index (χ3v) is 4.95. The number of nitrogens with zero attached hydrogens (tertiary/aromatic N) is 2. The van der Waals surface area contributed by atoms with E-state index in [1.807, 2.05) is 54.6 Å². The summed E-state index contributed by atoms with van der Waals surface area (Å²) in [5, 5.41) is 9.05. The smallest absolute Gasteiger partial charge is 0.275 e. The minimum Gasteiger partial charge on any atom is -0.344 e. The van der Waals surface area contributed by atoms with Crippen LogP contribution in [0.2, 0.25) is 5.02 Å². The first-order chi connectivity index (χ1) is 14.1. The van der Waals surface area contributed by atoms with Gasteiger partial charge in [-0.25, -0.2) is 4.68 Å². The van der Waals surface area contributed by atoms with Crippen LogP contribution in [0.4, 0.5) is 0 Å². The zero-order chi connectivity index (χ0) is 20.2. The molecule has 1 unspecified atom stereocenters. The SMILES string of the molecule is O=C(Cn1ncc2ccccc2c1=O)NC(c1ccccc1)c1ccc(Cl)cc1. The van der Waals surface area contributed by atoms with Gasteiger partial charge in [0, 0.05) is 10.4 Å². The highest BCUT2D eigenvalue weighted by Crippen LogP contribution is 2.23. The third kappa shape index (κ3) is 4.20. The van der Waals surface area contributed by atoms with Gasteiger partial charge in [-0.15, -0.1) is 0 Å². The molecule has 0 aliphatic rings. The van der Waals surface area contributed by atoms with Crippen molar-refractivity contribution in [3.63, 3.8) is 0 Å². The van der Waals surface area contributed by atoms with Gasteiger partial charge in [-0.1, -0.05) is 72.3 Å². The van der Waals surface area contributed by atoms with Crippen molar-refractivity contribution in [1.82, 2.24) is 15.1 Å². The number of halogens is 1. The van der Waals surface area contributed by atoms with Crippen molar-refractivity contribution in [3.05, 3.63) is 112 Å². The first-order valence-corrected chi connectivity index (χ1v) is 9.54. The Hall–Kier alpha value is -3.44. The molecular weight excluding hydrogens is 386 g/mol. The lowest BCUT2D eigenvalue weighted by Crippen LogP contribution is -2.36. The molecule has 6 heteroatoms. The maximum absolute atomic E-state index is 12.8. The minimum atomic E-state index is -0.364. The molecule has 0 bridgehead atoms. The summed E-state index contributed by atoms with van der Waals surface area (Å²) in [7, 11) is 0. The maximum Gasteiger partial charge on any atom is 0.275 e. The largest absolute Gasteiger partial charge is 0.344 e. The molecule has 0 spiro atoms. The van der Waals surface area contributed by atoms with E-state index in [2.05, 4.69) is 10.4 Å². The second kappa shape index (κ2) is 8.29. The Morgan fingerprint density at radius 3 is 2.34 bits per heavy atom. The highest BCUT2D eigenvalue weighted by Gasteiger charge is 2.18. The molecule has 1 N–H and O–H groups in total. The van der Waals surface area contributed by atoms with Gasteiger partial charge >= 0.3 is 0 Å². The van der Waals surface area contributed by atoms with Crippen LogP contribution in [0.25, 0.3) is 10.8 Å². The molecular formula is C23H18ClN3O2. The number of benzene rings is 3. The van der Waals surface area contributed by atoms with E-state index in [0.29, 0.717) is 10.4 Å². The molecule has 0 aliphatic carbocycles. The van der Waals surface area contributed by atoms with Crippen LogP contribution >= 0.6 is 11.6 Å². The number of aromatic nitrogens is 2. The average molecular weight is 404 g/mol. The summed E-state index contributed by atoms with van der Waals surface area (Å²) in [5.41, 5.74) is 1.54. The van der Waals surface area contributed by atoms with Crippen LogP contribution in [0.3, 0.4) is 0 Å². The summed E-state index contributed by atoms with van der Waals surface area (Å²) in [6.07, 6.45) is 1.60.